The van der Waals surface area contributed by atoms with Crippen LogP contribution in [0.15, 0.2) is 152 Å². The van der Waals surface area contributed by atoms with Gasteiger partial charge in [0.15, 0.2) is 5.82 Å². The minimum absolute atomic E-state index is 0.274. The Morgan fingerprint density at radius 1 is 0.706 bits per heavy atom. The summed E-state index contributed by atoms with van der Waals surface area (Å²) in [5, 5.41) is 24.5. The highest BCUT2D eigenvalue weighted by Crippen LogP contribution is 2.43. The Morgan fingerprint density at radius 3 is 1.80 bits per heavy atom. The van der Waals surface area contributed by atoms with Gasteiger partial charge in [0, 0.05) is 17.8 Å². The highest BCUT2D eigenvalue weighted by Gasteiger charge is 2.42. The van der Waals surface area contributed by atoms with Gasteiger partial charge in [-0.2, -0.15) is 0 Å². The molecule has 0 radical (unpaired) electrons. The van der Waals surface area contributed by atoms with E-state index < -0.39 is 17.6 Å². The molecular weight excluding hydrogens is 635 g/mol. The van der Waals surface area contributed by atoms with Crippen LogP contribution < -0.4 is 0 Å². The number of rotatable bonds is 12. The van der Waals surface area contributed by atoms with Gasteiger partial charge in [0.05, 0.1) is 12.7 Å². The summed E-state index contributed by atoms with van der Waals surface area (Å²) in [6.45, 7) is 4.38. The summed E-state index contributed by atoms with van der Waals surface area (Å²) >= 11 is 0. The van der Waals surface area contributed by atoms with E-state index >= 15 is 0 Å². The second kappa shape index (κ2) is 14.8. The van der Waals surface area contributed by atoms with Gasteiger partial charge in [0.25, 0.3) is 0 Å². The number of aliphatic hydroxyl groups excluding tert-OH is 1. The van der Waals surface area contributed by atoms with Gasteiger partial charge in [0.2, 0.25) is 0 Å². The molecule has 8 nitrogen and oxygen atoms in total. The molecule has 2 heterocycles. The maximum Gasteiger partial charge on any atom is 0.354 e. The number of benzene rings is 5. The highest BCUT2D eigenvalue weighted by atomic mass is 16.5. The van der Waals surface area contributed by atoms with Crippen LogP contribution in [-0.4, -0.2) is 42.5 Å². The van der Waals surface area contributed by atoms with Crippen LogP contribution in [0.3, 0.4) is 0 Å². The molecule has 1 atom stereocenters. The molecule has 0 fully saturated rings. The van der Waals surface area contributed by atoms with Gasteiger partial charge in [-0.3, -0.25) is 0 Å². The monoisotopic (exact) mass is 673 g/mol. The number of tetrazole rings is 1. The molecule has 0 aliphatic rings. The average molecular weight is 674 g/mol. The van der Waals surface area contributed by atoms with Crippen LogP contribution in [0.5, 0.6) is 0 Å². The predicted octanol–water partition coefficient (Wildman–Crippen LogP) is 8.32. The highest BCUT2D eigenvalue weighted by molar-refractivity contribution is 5.88. The molecule has 254 valence electrons. The molecule has 0 amide bonds. The topological polar surface area (TPSA) is 95.1 Å². The van der Waals surface area contributed by atoms with Crippen molar-refractivity contribution in [3.63, 3.8) is 0 Å². The molecule has 5 aromatic carbocycles. The van der Waals surface area contributed by atoms with Crippen molar-refractivity contribution < 1.29 is 14.6 Å². The lowest BCUT2D eigenvalue weighted by molar-refractivity contribution is 0.0512. The molecule has 0 aliphatic carbocycles. The van der Waals surface area contributed by atoms with Gasteiger partial charge in [0.1, 0.15) is 11.2 Å². The number of aromatic nitrogens is 5. The second-order valence-corrected chi connectivity index (χ2v) is 12.3. The zero-order valence-corrected chi connectivity index (χ0v) is 28.6. The van der Waals surface area contributed by atoms with Gasteiger partial charge in [-0.15, -0.1) is 5.10 Å². The van der Waals surface area contributed by atoms with Crippen molar-refractivity contribution >= 4 is 5.97 Å². The lowest BCUT2D eigenvalue weighted by Crippen LogP contribution is -2.39. The van der Waals surface area contributed by atoms with E-state index in [0.29, 0.717) is 30.2 Å². The normalized spacial score (nSPS) is 12.1. The molecule has 1 N–H and O–H groups in total. The quantitative estimate of drug-likeness (QED) is 0.104. The Bertz CT molecular complexity index is 2110. The number of aliphatic hydroxyl groups is 1. The molecule has 0 saturated carbocycles. The molecule has 7 aromatic rings. The van der Waals surface area contributed by atoms with Crippen LogP contribution in [0.1, 0.15) is 64.8 Å². The standard InChI is InChI=1S/C43H39N5O3/c1-3-40(49)38-28-29-39(42(50)51-4-2)47(38)30-31-24-26-32(27-25-31)36-22-14-15-23-37(36)41-44-45-46-48(41)43(33-16-8-5-9-17-33,34-18-10-6-11-19-34)35-20-12-7-13-21-35/h5-29,40,49H,3-4,30H2,1-2H3. The first-order chi connectivity index (χ1) is 25.1. The maximum absolute atomic E-state index is 12.8. The third-order valence-corrected chi connectivity index (χ3v) is 9.36. The fraction of sp³-hybridized carbons (Fsp3) is 0.163. The minimum Gasteiger partial charge on any atom is -0.461 e. The van der Waals surface area contributed by atoms with Gasteiger partial charge >= 0.3 is 5.97 Å². The molecule has 0 aliphatic heterocycles. The second-order valence-electron chi connectivity index (χ2n) is 12.3. The van der Waals surface area contributed by atoms with E-state index in [1.165, 1.54) is 0 Å². The van der Waals surface area contributed by atoms with Gasteiger partial charge in [-0.25, -0.2) is 9.48 Å². The van der Waals surface area contributed by atoms with Gasteiger partial charge < -0.3 is 14.4 Å². The molecular formula is C43H39N5O3. The number of carbonyl (C=O) groups excluding carboxylic acids is 1. The summed E-state index contributed by atoms with van der Waals surface area (Å²) in [7, 11) is 0. The summed E-state index contributed by atoms with van der Waals surface area (Å²) in [4.78, 5) is 12.8. The van der Waals surface area contributed by atoms with Crippen molar-refractivity contribution in [3.05, 3.63) is 185 Å². The van der Waals surface area contributed by atoms with E-state index in [4.69, 9.17) is 9.95 Å². The number of esters is 1. The molecule has 8 heteroatoms. The van der Waals surface area contributed by atoms with Crippen molar-refractivity contribution in [2.45, 2.75) is 38.5 Å². The van der Waals surface area contributed by atoms with Crippen molar-refractivity contribution in [1.82, 2.24) is 24.8 Å². The van der Waals surface area contributed by atoms with Crippen LogP contribution in [0.4, 0.5) is 0 Å². The van der Waals surface area contributed by atoms with Crippen molar-refractivity contribution in [1.29, 1.82) is 0 Å². The van der Waals surface area contributed by atoms with E-state index in [2.05, 4.69) is 71.0 Å². The largest absolute Gasteiger partial charge is 0.461 e. The molecule has 0 spiro atoms. The summed E-state index contributed by atoms with van der Waals surface area (Å²) in [5.74, 6) is 0.212. The van der Waals surface area contributed by atoms with Gasteiger partial charge in [-0.1, -0.05) is 146 Å². The summed E-state index contributed by atoms with van der Waals surface area (Å²) in [5.41, 5.74) is 7.11. The van der Waals surface area contributed by atoms with Crippen molar-refractivity contribution in [3.8, 4) is 22.5 Å². The van der Waals surface area contributed by atoms with Crippen LogP contribution in [-0.2, 0) is 16.8 Å². The molecule has 51 heavy (non-hydrogen) atoms. The molecule has 0 saturated heterocycles. The molecule has 7 rings (SSSR count). The van der Waals surface area contributed by atoms with Crippen molar-refractivity contribution in [2.75, 3.05) is 6.61 Å². The molecule has 1 unspecified atom stereocenters. The summed E-state index contributed by atoms with van der Waals surface area (Å²) in [6, 6.07) is 51.0. The van der Waals surface area contributed by atoms with Crippen LogP contribution >= 0.6 is 0 Å². The number of nitrogens with zero attached hydrogens (tertiary/aromatic N) is 5. The molecule has 2 aromatic heterocycles. The number of hydrogen-bond donors (Lipinski definition) is 1. The zero-order chi connectivity index (χ0) is 35.2. The number of ether oxygens (including phenoxy) is 1. The lowest BCUT2D eigenvalue weighted by atomic mass is 9.77. The summed E-state index contributed by atoms with van der Waals surface area (Å²) < 4.78 is 9.11. The smallest absolute Gasteiger partial charge is 0.354 e. The van der Waals surface area contributed by atoms with Crippen LogP contribution in [0.25, 0.3) is 22.5 Å². The lowest BCUT2D eigenvalue weighted by Gasteiger charge is -2.36. The predicted molar refractivity (Wildman–Crippen MR) is 198 cm³/mol. The first kappa shape index (κ1) is 33.4. The Balaban J connectivity index is 1.33. The average Bonchev–Trinajstić information content (AvgIpc) is 3.85. The van der Waals surface area contributed by atoms with Gasteiger partial charge in [-0.05, 0) is 69.3 Å². The van der Waals surface area contributed by atoms with E-state index in [9.17, 15) is 9.90 Å². The zero-order valence-electron chi connectivity index (χ0n) is 28.6. The van der Waals surface area contributed by atoms with E-state index in [1.807, 2.05) is 95.0 Å². The summed E-state index contributed by atoms with van der Waals surface area (Å²) in [6.07, 6.45) is -0.165. The fourth-order valence-electron chi connectivity index (χ4n) is 6.93. The van der Waals surface area contributed by atoms with E-state index in [0.717, 1.165) is 38.9 Å². The van der Waals surface area contributed by atoms with Crippen molar-refractivity contribution in [2.24, 2.45) is 0 Å². The van der Waals surface area contributed by atoms with Crippen LogP contribution in [0, 0.1) is 0 Å². The maximum atomic E-state index is 12.8. The van der Waals surface area contributed by atoms with E-state index in [-0.39, 0.29) is 6.61 Å². The first-order valence-corrected chi connectivity index (χ1v) is 17.2. The molecule has 0 bridgehead atoms. The number of carbonyl (C=O) groups is 1. The Hall–Kier alpha value is -6.12. The Kier molecular flexibility index (Phi) is 9.67. The first-order valence-electron chi connectivity index (χ1n) is 17.2. The van der Waals surface area contributed by atoms with E-state index in [1.54, 1.807) is 19.1 Å². The SMILES string of the molecule is CCOC(=O)c1ccc(C(O)CC)n1Cc1ccc(-c2ccccc2-c2nnnn2C(c2ccccc2)(c2ccccc2)c2ccccc2)cc1. The third kappa shape index (κ3) is 6.26. The fourth-order valence-corrected chi connectivity index (χ4v) is 6.93. The van der Waals surface area contributed by atoms with Crippen LogP contribution in [0.2, 0.25) is 0 Å². The number of hydrogen-bond acceptors (Lipinski definition) is 6. The Labute approximate surface area is 297 Å². The Morgan fingerprint density at radius 2 is 1.25 bits per heavy atom. The third-order valence-electron chi connectivity index (χ3n) is 9.36. The minimum atomic E-state index is -0.881.